The van der Waals surface area contributed by atoms with Crippen molar-refractivity contribution in [3.05, 3.63) is 78.5 Å². The van der Waals surface area contributed by atoms with Crippen LogP contribution >= 0.6 is 11.8 Å². The standard InChI is InChI=1S/C21H19FN4O2S/c22-19-9-5-4-6-15(19)11-28-12-17(27)13-29-21-18-10-25-26(20(18)23-14-24-21)16-7-2-1-3-8-16/h1-10,14,17,27H,11-13H2. The van der Waals surface area contributed by atoms with E-state index in [4.69, 9.17) is 4.74 Å². The fraction of sp³-hybridized carbons (Fsp3) is 0.190. The summed E-state index contributed by atoms with van der Waals surface area (Å²) in [5.74, 6) is 0.0788. The Bertz CT molecular complexity index is 1090. The number of ether oxygens (including phenoxy) is 1. The Kier molecular flexibility index (Phi) is 6.14. The predicted molar refractivity (Wildman–Crippen MR) is 109 cm³/mol. The van der Waals surface area contributed by atoms with Crippen molar-refractivity contribution in [3.8, 4) is 5.69 Å². The van der Waals surface area contributed by atoms with Gasteiger partial charge in [-0.05, 0) is 18.2 Å². The number of aliphatic hydroxyl groups is 1. The van der Waals surface area contributed by atoms with Gasteiger partial charge in [0.25, 0.3) is 0 Å². The molecule has 2 aromatic carbocycles. The number of nitrogens with zero attached hydrogens (tertiary/aromatic N) is 4. The molecule has 0 amide bonds. The van der Waals surface area contributed by atoms with E-state index in [1.807, 2.05) is 30.3 Å². The molecule has 1 atom stereocenters. The van der Waals surface area contributed by atoms with Crippen LogP contribution in [0.5, 0.6) is 0 Å². The summed E-state index contributed by atoms with van der Waals surface area (Å²) in [6.45, 7) is 0.231. The van der Waals surface area contributed by atoms with Crippen LogP contribution in [0.2, 0.25) is 0 Å². The highest BCUT2D eigenvalue weighted by Gasteiger charge is 2.13. The van der Waals surface area contributed by atoms with Gasteiger partial charge in [0.05, 0.1) is 36.6 Å². The van der Waals surface area contributed by atoms with Crippen LogP contribution in [0.25, 0.3) is 16.7 Å². The van der Waals surface area contributed by atoms with Crippen LogP contribution in [0.3, 0.4) is 0 Å². The number of fused-ring (bicyclic) bond motifs is 1. The average Bonchev–Trinajstić information content (AvgIpc) is 3.19. The van der Waals surface area contributed by atoms with Crippen molar-refractivity contribution >= 4 is 22.8 Å². The minimum absolute atomic E-state index is 0.110. The first-order valence-corrected chi connectivity index (χ1v) is 10.1. The molecule has 148 valence electrons. The maximum atomic E-state index is 13.6. The number of para-hydroxylation sites is 1. The summed E-state index contributed by atoms with van der Waals surface area (Å²) in [5.41, 5.74) is 2.09. The lowest BCUT2D eigenvalue weighted by atomic mass is 10.2. The highest BCUT2D eigenvalue weighted by atomic mass is 32.2. The lowest BCUT2D eigenvalue weighted by Gasteiger charge is -2.11. The van der Waals surface area contributed by atoms with Gasteiger partial charge in [-0.15, -0.1) is 11.8 Å². The molecule has 29 heavy (non-hydrogen) atoms. The number of rotatable bonds is 8. The van der Waals surface area contributed by atoms with Gasteiger partial charge in [0.15, 0.2) is 5.65 Å². The van der Waals surface area contributed by atoms with Gasteiger partial charge in [-0.3, -0.25) is 0 Å². The topological polar surface area (TPSA) is 73.1 Å². The lowest BCUT2D eigenvalue weighted by molar-refractivity contribution is 0.0387. The molecule has 0 spiro atoms. The highest BCUT2D eigenvalue weighted by molar-refractivity contribution is 7.99. The average molecular weight is 410 g/mol. The monoisotopic (exact) mass is 410 g/mol. The summed E-state index contributed by atoms with van der Waals surface area (Å²) in [7, 11) is 0. The van der Waals surface area contributed by atoms with Gasteiger partial charge in [0.1, 0.15) is 17.2 Å². The summed E-state index contributed by atoms with van der Waals surface area (Å²) in [6.07, 6.45) is 2.51. The van der Waals surface area contributed by atoms with E-state index in [9.17, 15) is 9.50 Å². The number of hydrogen-bond donors (Lipinski definition) is 1. The molecule has 0 saturated heterocycles. The fourth-order valence-corrected chi connectivity index (χ4v) is 3.71. The van der Waals surface area contributed by atoms with Crippen molar-refractivity contribution < 1.29 is 14.2 Å². The summed E-state index contributed by atoms with van der Waals surface area (Å²) in [5, 5.41) is 16.2. The minimum Gasteiger partial charge on any atom is -0.390 e. The molecule has 4 aromatic rings. The zero-order valence-corrected chi connectivity index (χ0v) is 16.3. The van der Waals surface area contributed by atoms with E-state index in [2.05, 4.69) is 15.1 Å². The zero-order chi connectivity index (χ0) is 20.1. The van der Waals surface area contributed by atoms with E-state index in [1.54, 1.807) is 29.1 Å². The van der Waals surface area contributed by atoms with Gasteiger partial charge in [-0.2, -0.15) is 5.10 Å². The van der Waals surface area contributed by atoms with Crippen molar-refractivity contribution in [1.82, 2.24) is 19.7 Å². The summed E-state index contributed by atoms with van der Waals surface area (Å²) in [4.78, 5) is 8.67. The Morgan fingerprint density at radius 2 is 1.86 bits per heavy atom. The summed E-state index contributed by atoms with van der Waals surface area (Å²) >= 11 is 1.41. The molecule has 2 heterocycles. The van der Waals surface area contributed by atoms with Gasteiger partial charge in [-0.25, -0.2) is 19.0 Å². The molecule has 0 bridgehead atoms. The summed E-state index contributed by atoms with van der Waals surface area (Å²) < 4.78 is 20.8. The first kappa shape index (κ1) is 19.5. The molecule has 0 radical (unpaired) electrons. The molecule has 1 unspecified atom stereocenters. The molecule has 0 aliphatic rings. The molecule has 6 nitrogen and oxygen atoms in total. The van der Waals surface area contributed by atoms with Gasteiger partial charge in [0, 0.05) is 11.3 Å². The van der Waals surface area contributed by atoms with E-state index in [-0.39, 0.29) is 19.0 Å². The van der Waals surface area contributed by atoms with Crippen LogP contribution in [0.4, 0.5) is 4.39 Å². The Labute approximate surface area is 171 Å². The molecule has 8 heteroatoms. The molecular formula is C21H19FN4O2S. The maximum absolute atomic E-state index is 13.6. The van der Waals surface area contributed by atoms with Crippen molar-refractivity contribution in [2.75, 3.05) is 12.4 Å². The number of aliphatic hydroxyl groups excluding tert-OH is 1. The van der Waals surface area contributed by atoms with Crippen LogP contribution in [-0.2, 0) is 11.3 Å². The second-order valence-corrected chi connectivity index (χ2v) is 7.39. The van der Waals surface area contributed by atoms with Crippen LogP contribution in [-0.4, -0.2) is 43.3 Å². The largest absolute Gasteiger partial charge is 0.390 e. The molecule has 0 saturated carbocycles. The Morgan fingerprint density at radius 3 is 2.69 bits per heavy atom. The predicted octanol–water partition coefficient (Wildman–Crippen LogP) is 3.62. The molecule has 1 N–H and O–H groups in total. The van der Waals surface area contributed by atoms with Crippen molar-refractivity contribution in [2.45, 2.75) is 17.7 Å². The van der Waals surface area contributed by atoms with Crippen LogP contribution in [0.15, 0.2) is 72.1 Å². The van der Waals surface area contributed by atoms with Crippen LogP contribution < -0.4 is 0 Å². The van der Waals surface area contributed by atoms with Crippen LogP contribution in [0.1, 0.15) is 5.56 Å². The maximum Gasteiger partial charge on any atom is 0.167 e. The smallest absolute Gasteiger partial charge is 0.167 e. The number of hydrogen-bond acceptors (Lipinski definition) is 6. The third-order valence-corrected chi connectivity index (χ3v) is 5.42. The van der Waals surface area contributed by atoms with E-state index >= 15 is 0 Å². The SMILES string of the molecule is OC(COCc1ccccc1F)CSc1ncnc2c1cnn2-c1ccccc1. The quantitative estimate of drug-likeness (QED) is 0.353. The normalized spacial score (nSPS) is 12.3. The first-order valence-electron chi connectivity index (χ1n) is 9.08. The van der Waals surface area contributed by atoms with E-state index < -0.39 is 6.10 Å². The Balaban J connectivity index is 1.37. The zero-order valence-electron chi connectivity index (χ0n) is 15.5. The Morgan fingerprint density at radius 1 is 1.07 bits per heavy atom. The van der Waals surface area contributed by atoms with Gasteiger partial charge in [-0.1, -0.05) is 36.4 Å². The molecule has 0 fully saturated rings. The van der Waals surface area contributed by atoms with Gasteiger partial charge in [0.2, 0.25) is 0 Å². The number of halogens is 1. The molecule has 4 rings (SSSR count). The Hall–Kier alpha value is -2.81. The third-order valence-electron chi connectivity index (χ3n) is 4.27. The molecule has 0 aliphatic carbocycles. The van der Waals surface area contributed by atoms with Crippen molar-refractivity contribution in [2.24, 2.45) is 0 Å². The third kappa shape index (κ3) is 4.61. The highest BCUT2D eigenvalue weighted by Crippen LogP contribution is 2.26. The minimum atomic E-state index is -0.707. The van der Waals surface area contributed by atoms with Crippen LogP contribution in [0, 0.1) is 5.82 Å². The second kappa shape index (κ2) is 9.13. The van der Waals surface area contributed by atoms with Gasteiger partial charge >= 0.3 is 0 Å². The molecule has 2 aromatic heterocycles. The van der Waals surface area contributed by atoms with E-state index in [1.165, 1.54) is 24.2 Å². The fourth-order valence-electron chi connectivity index (χ4n) is 2.84. The number of thioether (sulfide) groups is 1. The van der Waals surface area contributed by atoms with E-state index in [0.717, 1.165) is 16.1 Å². The number of benzene rings is 2. The van der Waals surface area contributed by atoms with Crippen molar-refractivity contribution in [1.29, 1.82) is 0 Å². The van der Waals surface area contributed by atoms with Crippen molar-refractivity contribution in [3.63, 3.8) is 0 Å². The second-order valence-electron chi connectivity index (χ2n) is 6.38. The number of aromatic nitrogens is 4. The molecule has 0 aliphatic heterocycles. The van der Waals surface area contributed by atoms with E-state index in [0.29, 0.717) is 17.0 Å². The summed E-state index contributed by atoms with van der Waals surface area (Å²) in [6, 6.07) is 16.2. The van der Waals surface area contributed by atoms with Gasteiger partial charge < -0.3 is 9.84 Å². The first-order chi connectivity index (χ1) is 14.2. The molecular weight excluding hydrogens is 391 g/mol. The lowest BCUT2D eigenvalue weighted by Crippen LogP contribution is -2.18.